The summed E-state index contributed by atoms with van der Waals surface area (Å²) in [5.74, 6) is -0.232. The molecule has 1 aromatic heterocycles. The fourth-order valence-electron chi connectivity index (χ4n) is 2.34. The molecule has 29 heavy (non-hydrogen) atoms. The van der Waals surface area contributed by atoms with Gasteiger partial charge in [-0.2, -0.15) is 0 Å². The van der Waals surface area contributed by atoms with Gasteiger partial charge >= 0.3 is 12.1 Å². The van der Waals surface area contributed by atoms with Crippen LogP contribution in [0.5, 0.6) is 11.5 Å². The third-order valence-electron chi connectivity index (χ3n) is 3.55. The predicted octanol–water partition coefficient (Wildman–Crippen LogP) is 3.90. The number of alkyl carbamates (subject to hydrolysis) is 1. The maximum absolute atomic E-state index is 11.9. The number of carboxylic acid groups (broad SMARTS) is 1. The van der Waals surface area contributed by atoms with Gasteiger partial charge in [0.25, 0.3) is 0 Å². The summed E-state index contributed by atoms with van der Waals surface area (Å²) in [6, 6.07) is 3.91. The van der Waals surface area contributed by atoms with Crippen molar-refractivity contribution in [2.75, 3.05) is 7.11 Å². The Morgan fingerprint density at radius 3 is 2.59 bits per heavy atom. The molecule has 0 aliphatic rings. The highest BCUT2D eigenvalue weighted by Crippen LogP contribution is 2.30. The molecule has 1 unspecified atom stereocenters. The molecule has 0 aliphatic heterocycles. The SMILES string of the molecule is COc1cc(CC(NC(=O)OC(C)(C)C)C(=O)O)ccc1OCc1cnc(Cl)s1. The molecule has 0 bridgehead atoms. The number of carbonyl (C=O) groups excluding carboxylic acids is 1. The minimum atomic E-state index is -1.17. The molecule has 10 heteroatoms. The van der Waals surface area contributed by atoms with Crippen LogP contribution in [0.2, 0.25) is 4.47 Å². The molecule has 2 rings (SSSR count). The Kier molecular flexibility index (Phi) is 7.69. The molecule has 1 amide bonds. The number of aromatic nitrogens is 1. The zero-order valence-electron chi connectivity index (χ0n) is 16.5. The van der Waals surface area contributed by atoms with Gasteiger partial charge in [-0.05, 0) is 38.5 Å². The zero-order valence-corrected chi connectivity index (χ0v) is 18.1. The summed E-state index contributed by atoms with van der Waals surface area (Å²) in [7, 11) is 1.49. The van der Waals surface area contributed by atoms with E-state index in [1.807, 2.05) is 0 Å². The number of hydrogen-bond donors (Lipinski definition) is 2. The van der Waals surface area contributed by atoms with Gasteiger partial charge in [0.15, 0.2) is 16.0 Å². The van der Waals surface area contributed by atoms with Crippen molar-refractivity contribution in [3.8, 4) is 11.5 Å². The first-order chi connectivity index (χ1) is 13.6. The van der Waals surface area contributed by atoms with E-state index in [2.05, 4.69) is 10.3 Å². The van der Waals surface area contributed by atoms with Gasteiger partial charge < -0.3 is 24.6 Å². The van der Waals surface area contributed by atoms with Crippen molar-refractivity contribution in [2.45, 2.75) is 45.4 Å². The molecule has 2 aromatic rings. The minimum Gasteiger partial charge on any atom is -0.493 e. The third-order valence-corrected chi connectivity index (χ3v) is 4.64. The number of halogens is 1. The van der Waals surface area contributed by atoms with Gasteiger partial charge in [-0.3, -0.25) is 0 Å². The summed E-state index contributed by atoms with van der Waals surface area (Å²) in [6.45, 7) is 5.38. The number of ether oxygens (including phenoxy) is 3. The highest BCUT2D eigenvalue weighted by atomic mass is 35.5. The smallest absolute Gasteiger partial charge is 0.408 e. The quantitative estimate of drug-likeness (QED) is 0.638. The summed E-state index contributed by atoms with van der Waals surface area (Å²) < 4.78 is 16.6. The van der Waals surface area contributed by atoms with Gasteiger partial charge in [0.2, 0.25) is 0 Å². The monoisotopic (exact) mass is 442 g/mol. The molecule has 8 nitrogen and oxygen atoms in total. The first kappa shape index (κ1) is 22.8. The number of thiazole rings is 1. The van der Waals surface area contributed by atoms with Crippen molar-refractivity contribution in [2.24, 2.45) is 0 Å². The van der Waals surface area contributed by atoms with E-state index < -0.39 is 23.7 Å². The molecule has 1 atom stereocenters. The van der Waals surface area contributed by atoms with Crippen LogP contribution in [0.1, 0.15) is 31.2 Å². The Morgan fingerprint density at radius 2 is 2.03 bits per heavy atom. The lowest BCUT2D eigenvalue weighted by atomic mass is 10.1. The normalized spacial score (nSPS) is 12.2. The number of benzene rings is 1. The Labute approximate surface area is 177 Å². The second kappa shape index (κ2) is 9.80. The van der Waals surface area contributed by atoms with Gasteiger partial charge in [0.1, 0.15) is 18.2 Å². The predicted molar refractivity (Wildman–Crippen MR) is 109 cm³/mol. The van der Waals surface area contributed by atoms with E-state index in [4.69, 9.17) is 25.8 Å². The Balaban J connectivity index is 2.06. The number of carbonyl (C=O) groups is 2. The highest BCUT2D eigenvalue weighted by Gasteiger charge is 2.24. The molecule has 1 aromatic carbocycles. The van der Waals surface area contributed by atoms with Crippen LogP contribution < -0.4 is 14.8 Å². The van der Waals surface area contributed by atoms with E-state index in [9.17, 15) is 14.7 Å². The summed E-state index contributed by atoms with van der Waals surface area (Å²) in [5.41, 5.74) is -0.0732. The van der Waals surface area contributed by atoms with Crippen molar-refractivity contribution in [3.05, 3.63) is 39.3 Å². The molecule has 0 aliphatic carbocycles. The van der Waals surface area contributed by atoms with Crippen LogP contribution in [0, 0.1) is 0 Å². The van der Waals surface area contributed by atoms with E-state index in [0.717, 1.165) is 4.88 Å². The molecule has 1 heterocycles. The van der Waals surface area contributed by atoms with Crippen molar-refractivity contribution in [1.29, 1.82) is 0 Å². The number of carboxylic acids is 1. The van der Waals surface area contributed by atoms with E-state index in [-0.39, 0.29) is 13.0 Å². The van der Waals surface area contributed by atoms with Gasteiger partial charge in [0.05, 0.1) is 12.0 Å². The molecule has 0 saturated carbocycles. The van der Waals surface area contributed by atoms with E-state index >= 15 is 0 Å². The number of aliphatic carboxylic acids is 1. The molecular formula is C19H23ClN2O6S. The first-order valence-electron chi connectivity index (χ1n) is 8.69. The second-order valence-electron chi connectivity index (χ2n) is 7.09. The molecule has 0 fully saturated rings. The largest absolute Gasteiger partial charge is 0.493 e. The lowest BCUT2D eigenvalue weighted by Crippen LogP contribution is -2.44. The highest BCUT2D eigenvalue weighted by molar-refractivity contribution is 7.15. The first-order valence-corrected chi connectivity index (χ1v) is 9.89. The van der Waals surface area contributed by atoms with Crippen LogP contribution >= 0.6 is 22.9 Å². The Morgan fingerprint density at radius 1 is 1.31 bits per heavy atom. The van der Waals surface area contributed by atoms with E-state index in [0.29, 0.717) is 21.5 Å². The lowest BCUT2D eigenvalue weighted by molar-refractivity contribution is -0.139. The molecule has 0 spiro atoms. The summed E-state index contributed by atoms with van der Waals surface area (Å²) >= 11 is 7.12. The Hall–Kier alpha value is -2.52. The average Bonchev–Trinajstić information content (AvgIpc) is 3.03. The molecule has 0 saturated heterocycles. The number of hydrogen-bond acceptors (Lipinski definition) is 7. The van der Waals surface area contributed by atoms with Gasteiger partial charge in [0, 0.05) is 12.6 Å². The lowest BCUT2D eigenvalue weighted by Gasteiger charge is -2.22. The standard InChI is InChI=1S/C19H23ClN2O6S/c1-19(2,3)28-18(25)22-13(16(23)24)7-11-5-6-14(15(8-11)26-4)27-10-12-9-21-17(20)29-12/h5-6,8-9,13H,7,10H2,1-4H3,(H,22,25)(H,23,24). The zero-order chi connectivity index (χ0) is 21.6. The van der Waals surface area contributed by atoms with Crippen molar-refractivity contribution < 1.29 is 28.9 Å². The van der Waals surface area contributed by atoms with Crippen LogP contribution in [0.3, 0.4) is 0 Å². The third kappa shape index (κ3) is 7.43. The van der Waals surface area contributed by atoms with Crippen molar-refractivity contribution >= 4 is 35.0 Å². The molecular weight excluding hydrogens is 420 g/mol. The number of amides is 1. The van der Waals surface area contributed by atoms with Crippen LogP contribution in [-0.2, 0) is 22.6 Å². The van der Waals surface area contributed by atoms with Gasteiger partial charge in [-0.1, -0.05) is 17.7 Å². The topological polar surface area (TPSA) is 107 Å². The fraction of sp³-hybridized carbons (Fsp3) is 0.421. The van der Waals surface area contributed by atoms with Crippen LogP contribution in [-0.4, -0.2) is 40.9 Å². The number of rotatable bonds is 8. The molecule has 0 radical (unpaired) electrons. The van der Waals surface area contributed by atoms with E-state index in [1.54, 1.807) is 45.2 Å². The van der Waals surface area contributed by atoms with Crippen LogP contribution in [0.15, 0.2) is 24.4 Å². The van der Waals surface area contributed by atoms with Crippen LogP contribution in [0.25, 0.3) is 0 Å². The summed E-state index contributed by atoms with van der Waals surface area (Å²) in [4.78, 5) is 28.3. The molecule has 2 N–H and O–H groups in total. The average molecular weight is 443 g/mol. The fourth-order valence-corrected chi connectivity index (χ4v) is 3.23. The van der Waals surface area contributed by atoms with Crippen molar-refractivity contribution in [3.63, 3.8) is 0 Å². The number of methoxy groups -OCH3 is 1. The minimum absolute atomic E-state index is 0.0513. The number of nitrogens with zero attached hydrogens (tertiary/aromatic N) is 1. The maximum atomic E-state index is 11.9. The van der Waals surface area contributed by atoms with E-state index in [1.165, 1.54) is 18.4 Å². The van der Waals surface area contributed by atoms with Crippen molar-refractivity contribution in [1.82, 2.24) is 10.3 Å². The summed E-state index contributed by atoms with van der Waals surface area (Å²) in [6.07, 6.45) is 0.892. The second-order valence-corrected chi connectivity index (χ2v) is 8.79. The van der Waals surface area contributed by atoms with Gasteiger partial charge in [-0.15, -0.1) is 11.3 Å². The summed E-state index contributed by atoms with van der Waals surface area (Å²) in [5, 5.41) is 11.8. The van der Waals surface area contributed by atoms with Crippen LogP contribution in [0.4, 0.5) is 4.79 Å². The number of nitrogens with one attached hydrogen (secondary N) is 1. The Bertz CT molecular complexity index is 865. The van der Waals surface area contributed by atoms with Gasteiger partial charge in [-0.25, -0.2) is 14.6 Å². The molecule has 158 valence electrons. The maximum Gasteiger partial charge on any atom is 0.408 e.